The highest BCUT2D eigenvalue weighted by Crippen LogP contribution is 2.30. The van der Waals surface area contributed by atoms with Gasteiger partial charge in [-0.15, -0.1) is 0 Å². The van der Waals surface area contributed by atoms with Crippen molar-refractivity contribution in [1.29, 1.82) is 0 Å². The number of esters is 2. The summed E-state index contributed by atoms with van der Waals surface area (Å²) in [6.45, 7) is 5.74. The lowest BCUT2D eigenvalue weighted by Crippen LogP contribution is -2.28. The Morgan fingerprint density at radius 1 is 1.17 bits per heavy atom. The molecule has 0 aliphatic carbocycles. The molecule has 0 atom stereocenters. The number of allylic oxidation sites excluding steroid dienone is 2. The molecule has 1 heterocycles. The first kappa shape index (κ1) is 14.3. The third kappa shape index (κ3) is 2.55. The minimum Gasteiger partial charge on any atom is -0.466 e. The maximum atomic E-state index is 11.8. The Morgan fingerprint density at radius 2 is 1.67 bits per heavy atom. The van der Waals surface area contributed by atoms with Gasteiger partial charge < -0.3 is 14.4 Å². The predicted molar refractivity (Wildman–Crippen MR) is 66.4 cm³/mol. The van der Waals surface area contributed by atoms with Crippen molar-refractivity contribution in [3.8, 4) is 0 Å². The molecule has 0 aromatic rings. The molecule has 1 aliphatic rings. The zero-order valence-electron chi connectivity index (χ0n) is 11.5. The van der Waals surface area contributed by atoms with E-state index in [0.29, 0.717) is 17.8 Å². The van der Waals surface area contributed by atoms with Crippen LogP contribution in [0.15, 0.2) is 22.5 Å². The van der Waals surface area contributed by atoms with Crippen molar-refractivity contribution >= 4 is 11.9 Å². The summed E-state index contributed by atoms with van der Waals surface area (Å²) in [6.07, 6.45) is 0.257. The number of carbonyl (C=O) groups is 2. The first-order valence-electron chi connectivity index (χ1n) is 5.82. The van der Waals surface area contributed by atoms with Gasteiger partial charge in [0.05, 0.1) is 24.9 Å². The number of nitrogens with zero attached hydrogens (tertiary/aromatic N) is 1. The van der Waals surface area contributed by atoms with Crippen LogP contribution < -0.4 is 0 Å². The summed E-state index contributed by atoms with van der Waals surface area (Å²) in [5.41, 5.74) is 2.60. The molecule has 0 aromatic carbocycles. The fourth-order valence-corrected chi connectivity index (χ4v) is 1.87. The Bertz CT molecular complexity index is 434. The second-order valence-corrected chi connectivity index (χ2v) is 4.08. The van der Waals surface area contributed by atoms with Crippen molar-refractivity contribution in [3.63, 3.8) is 0 Å². The van der Waals surface area contributed by atoms with E-state index >= 15 is 0 Å². The number of ether oxygens (including phenoxy) is 2. The Morgan fingerprint density at radius 3 is 2.11 bits per heavy atom. The topological polar surface area (TPSA) is 55.8 Å². The zero-order valence-corrected chi connectivity index (χ0v) is 11.5. The van der Waals surface area contributed by atoms with Crippen molar-refractivity contribution in [2.75, 3.05) is 20.8 Å². The average molecular weight is 253 g/mol. The van der Waals surface area contributed by atoms with Gasteiger partial charge >= 0.3 is 11.9 Å². The molecule has 5 nitrogen and oxygen atoms in total. The molecule has 0 radical (unpaired) electrons. The van der Waals surface area contributed by atoms with E-state index in [1.54, 1.807) is 6.92 Å². The maximum Gasteiger partial charge on any atom is 0.336 e. The van der Waals surface area contributed by atoms with E-state index in [9.17, 15) is 9.59 Å². The van der Waals surface area contributed by atoms with Crippen molar-refractivity contribution in [2.45, 2.75) is 27.2 Å². The fraction of sp³-hybridized carbons (Fsp3) is 0.538. The van der Waals surface area contributed by atoms with Gasteiger partial charge in [0.25, 0.3) is 0 Å². The van der Waals surface area contributed by atoms with E-state index in [1.165, 1.54) is 7.11 Å². The lowest BCUT2D eigenvalue weighted by Gasteiger charge is -2.30. The van der Waals surface area contributed by atoms with Crippen LogP contribution >= 0.6 is 0 Å². The number of hydrogen-bond acceptors (Lipinski definition) is 5. The molecule has 100 valence electrons. The van der Waals surface area contributed by atoms with Crippen molar-refractivity contribution < 1.29 is 19.1 Å². The van der Waals surface area contributed by atoms with E-state index in [-0.39, 0.29) is 12.4 Å². The van der Waals surface area contributed by atoms with E-state index in [4.69, 9.17) is 9.47 Å². The molecule has 0 saturated carbocycles. The van der Waals surface area contributed by atoms with Gasteiger partial charge in [0.1, 0.15) is 0 Å². The highest BCUT2D eigenvalue weighted by atomic mass is 16.5. The van der Waals surface area contributed by atoms with Crippen LogP contribution in [0.4, 0.5) is 0 Å². The van der Waals surface area contributed by atoms with E-state index in [2.05, 4.69) is 0 Å². The smallest absolute Gasteiger partial charge is 0.336 e. The van der Waals surface area contributed by atoms with E-state index in [0.717, 1.165) is 11.4 Å². The standard InChI is InChI=1S/C13H19NO4/c1-6-18-13(16)11-7-10(12(15)17-5)8(2)14(4)9(11)3/h6-7H2,1-5H3. The summed E-state index contributed by atoms with van der Waals surface area (Å²) in [4.78, 5) is 25.3. The fourth-order valence-electron chi connectivity index (χ4n) is 1.87. The summed E-state index contributed by atoms with van der Waals surface area (Å²) in [5.74, 6) is -0.788. The third-order valence-electron chi connectivity index (χ3n) is 3.19. The molecule has 0 fully saturated rings. The lowest BCUT2D eigenvalue weighted by atomic mass is 9.97. The second-order valence-electron chi connectivity index (χ2n) is 4.08. The van der Waals surface area contributed by atoms with Crippen LogP contribution in [0, 0.1) is 0 Å². The molecule has 0 aromatic heterocycles. The van der Waals surface area contributed by atoms with Crippen LogP contribution in [0.5, 0.6) is 0 Å². The molecule has 5 heteroatoms. The maximum absolute atomic E-state index is 11.8. The number of rotatable bonds is 3. The van der Waals surface area contributed by atoms with E-state index < -0.39 is 5.97 Å². The lowest BCUT2D eigenvalue weighted by molar-refractivity contribution is -0.138. The minimum atomic E-state index is -0.409. The first-order chi connectivity index (χ1) is 8.43. The van der Waals surface area contributed by atoms with Crippen LogP contribution in [0.25, 0.3) is 0 Å². The van der Waals surface area contributed by atoms with Gasteiger partial charge in [-0.05, 0) is 20.8 Å². The van der Waals surface area contributed by atoms with Gasteiger partial charge in [-0.2, -0.15) is 0 Å². The average Bonchev–Trinajstić information content (AvgIpc) is 2.35. The molecule has 0 saturated heterocycles. The summed E-state index contributed by atoms with van der Waals surface area (Å²) in [7, 11) is 3.14. The SMILES string of the molecule is CCOC(=O)C1=C(C)N(C)C(C)=C(C(=O)OC)C1. The minimum absolute atomic E-state index is 0.257. The van der Waals surface area contributed by atoms with Crippen LogP contribution in [-0.4, -0.2) is 37.6 Å². The van der Waals surface area contributed by atoms with Crippen molar-refractivity contribution in [1.82, 2.24) is 4.90 Å². The zero-order chi connectivity index (χ0) is 13.9. The monoisotopic (exact) mass is 253 g/mol. The quantitative estimate of drug-likeness (QED) is 0.715. The first-order valence-corrected chi connectivity index (χ1v) is 5.82. The van der Waals surface area contributed by atoms with Crippen molar-refractivity contribution in [3.05, 3.63) is 22.5 Å². The van der Waals surface area contributed by atoms with Crippen LogP contribution in [0.3, 0.4) is 0 Å². The van der Waals surface area contributed by atoms with Gasteiger partial charge in [0.15, 0.2) is 0 Å². The van der Waals surface area contributed by atoms with Gasteiger partial charge in [-0.1, -0.05) is 0 Å². The molecule has 1 aliphatic heterocycles. The molecule has 1 rings (SSSR count). The molecular formula is C13H19NO4. The largest absolute Gasteiger partial charge is 0.466 e. The Balaban J connectivity index is 3.10. The highest BCUT2D eigenvalue weighted by Gasteiger charge is 2.29. The van der Waals surface area contributed by atoms with Crippen LogP contribution in [-0.2, 0) is 19.1 Å². The van der Waals surface area contributed by atoms with Gasteiger partial charge in [-0.25, -0.2) is 9.59 Å². The Kier molecular flexibility index (Phi) is 4.53. The molecule has 18 heavy (non-hydrogen) atoms. The summed E-state index contributed by atoms with van der Waals surface area (Å²) >= 11 is 0. The number of methoxy groups -OCH3 is 1. The van der Waals surface area contributed by atoms with Gasteiger partial charge in [0, 0.05) is 24.9 Å². The number of hydrogen-bond donors (Lipinski definition) is 0. The molecule has 0 amide bonds. The van der Waals surface area contributed by atoms with Crippen LogP contribution in [0.1, 0.15) is 27.2 Å². The molecule has 0 spiro atoms. The van der Waals surface area contributed by atoms with Gasteiger partial charge in [-0.3, -0.25) is 0 Å². The van der Waals surface area contributed by atoms with Gasteiger partial charge in [0.2, 0.25) is 0 Å². The molecule has 0 N–H and O–H groups in total. The van der Waals surface area contributed by atoms with E-state index in [1.807, 2.05) is 25.8 Å². The molecule has 0 unspecified atom stereocenters. The molecule has 0 bridgehead atoms. The summed E-state index contributed by atoms with van der Waals surface area (Å²) in [6, 6.07) is 0. The third-order valence-corrected chi connectivity index (χ3v) is 3.19. The Labute approximate surface area is 107 Å². The highest BCUT2D eigenvalue weighted by molar-refractivity contribution is 5.96. The predicted octanol–water partition coefficient (Wildman–Crippen LogP) is 1.61. The summed E-state index contributed by atoms with van der Waals surface area (Å²) in [5, 5.41) is 0. The summed E-state index contributed by atoms with van der Waals surface area (Å²) < 4.78 is 9.73. The second kappa shape index (κ2) is 5.71. The van der Waals surface area contributed by atoms with Crippen LogP contribution in [0.2, 0.25) is 0 Å². The van der Waals surface area contributed by atoms with Crippen molar-refractivity contribution in [2.24, 2.45) is 0 Å². The molecular weight excluding hydrogens is 234 g/mol. The number of carbonyl (C=O) groups excluding carboxylic acids is 2. The normalized spacial score (nSPS) is 15.9. The Hall–Kier alpha value is -1.78.